The molecule has 1 aromatic heterocycles. The van der Waals surface area contributed by atoms with Crippen molar-refractivity contribution in [3.05, 3.63) is 18.0 Å². The third-order valence-corrected chi connectivity index (χ3v) is 2.17. The van der Waals surface area contributed by atoms with E-state index in [0.29, 0.717) is 6.04 Å². The van der Waals surface area contributed by atoms with Crippen LogP contribution in [-0.2, 0) is 6.54 Å². The molecule has 0 saturated heterocycles. The van der Waals surface area contributed by atoms with E-state index in [1.165, 1.54) is 0 Å². The fourth-order valence-corrected chi connectivity index (χ4v) is 1.32. The Morgan fingerprint density at radius 3 is 2.92 bits per heavy atom. The van der Waals surface area contributed by atoms with Gasteiger partial charge >= 0.3 is 0 Å². The lowest BCUT2D eigenvalue weighted by Crippen LogP contribution is -2.16. The van der Waals surface area contributed by atoms with Crippen LogP contribution in [0.4, 0.5) is 0 Å². The molecule has 0 aliphatic carbocycles. The second kappa shape index (κ2) is 5.40. The maximum atomic E-state index is 4.42. The number of nitrogens with one attached hydrogen (secondary N) is 1. The zero-order chi connectivity index (χ0) is 9.68. The van der Waals surface area contributed by atoms with Gasteiger partial charge in [0.15, 0.2) is 0 Å². The molecule has 0 radical (unpaired) electrons. The molecule has 0 fully saturated rings. The molecule has 1 rings (SSSR count). The zero-order valence-electron chi connectivity index (χ0n) is 8.13. The van der Waals surface area contributed by atoms with Gasteiger partial charge in [-0.25, -0.2) is 0 Å². The molecule has 1 heterocycles. The van der Waals surface area contributed by atoms with Crippen molar-refractivity contribution >= 4 is 15.9 Å². The Kier molecular flexibility index (Phi) is 4.45. The largest absolute Gasteiger partial charge is 0.310 e. The Morgan fingerprint density at radius 2 is 2.38 bits per heavy atom. The third-order valence-electron chi connectivity index (χ3n) is 1.77. The van der Waals surface area contributed by atoms with E-state index >= 15 is 0 Å². The number of halogens is 1. The molecular weight excluding hydrogens is 230 g/mol. The second-order valence-electron chi connectivity index (χ2n) is 3.25. The molecule has 4 heteroatoms. The van der Waals surface area contributed by atoms with Crippen LogP contribution >= 0.6 is 15.9 Å². The maximum absolute atomic E-state index is 4.42. The molecule has 0 unspecified atom stereocenters. The van der Waals surface area contributed by atoms with Gasteiger partial charge in [-0.05, 0) is 19.9 Å². The Labute approximate surface area is 87.6 Å². The summed E-state index contributed by atoms with van der Waals surface area (Å²) in [7, 11) is 0. The number of hydrogen-bond donors (Lipinski definition) is 1. The predicted octanol–water partition coefficient (Wildman–Crippen LogP) is 1.95. The molecule has 3 nitrogen and oxygen atoms in total. The molecule has 0 aromatic carbocycles. The van der Waals surface area contributed by atoms with Crippen molar-refractivity contribution < 1.29 is 0 Å². The minimum atomic E-state index is 0.449. The first kappa shape index (κ1) is 10.7. The lowest BCUT2D eigenvalue weighted by molar-refractivity contribution is 0.522. The van der Waals surface area contributed by atoms with Crippen LogP contribution in [0.2, 0.25) is 0 Å². The van der Waals surface area contributed by atoms with Crippen LogP contribution in [0.25, 0.3) is 0 Å². The Bertz CT molecular complexity index is 245. The van der Waals surface area contributed by atoms with Crippen LogP contribution in [0.15, 0.2) is 12.3 Å². The second-order valence-corrected chi connectivity index (χ2v) is 4.04. The highest BCUT2D eigenvalue weighted by Gasteiger charge is 2.00. The number of aromatic nitrogens is 2. The van der Waals surface area contributed by atoms with Gasteiger partial charge in [0, 0.05) is 30.7 Å². The zero-order valence-corrected chi connectivity index (χ0v) is 9.71. The van der Waals surface area contributed by atoms with E-state index in [9.17, 15) is 0 Å². The minimum absolute atomic E-state index is 0.449. The van der Waals surface area contributed by atoms with E-state index < -0.39 is 0 Å². The summed E-state index contributed by atoms with van der Waals surface area (Å²) in [4.78, 5) is 0. The summed E-state index contributed by atoms with van der Waals surface area (Å²) in [6.45, 7) is 6.09. The molecular formula is C9H16BrN3. The predicted molar refractivity (Wildman–Crippen MR) is 58.1 cm³/mol. The van der Waals surface area contributed by atoms with E-state index in [0.717, 1.165) is 24.1 Å². The van der Waals surface area contributed by atoms with Crippen LogP contribution in [-0.4, -0.2) is 21.7 Å². The minimum Gasteiger partial charge on any atom is -0.310 e. The summed E-state index contributed by atoms with van der Waals surface area (Å²) in [5, 5.41) is 8.69. The molecule has 1 aromatic rings. The Balaban J connectivity index is 2.40. The maximum Gasteiger partial charge on any atom is 0.0762 e. The lowest BCUT2D eigenvalue weighted by Gasteiger charge is -2.03. The molecule has 0 amide bonds. The van der Waals surface area contributed by atoms with E-state index in [-0.39, 0.29) is 0 Å². The number of nitrogens with zero attached hydrogens (tertiary/aromatic N) is 2. The molecule has 0 aliphatic rings. The smallest absolute Gasteiger partial charge is 0.0762 e. The number of alkyl halides is 1. The molecule has 13 heavy (non-hydrogen) atoms. The van der Waals surface area contributed by atoms with Gasteiger partial charge in [-0.2, -0.15) is 5.10 Å². The van der Waals surface area contributed by atoms with Crippen molar-refractivity contribution in [1.29, 1.82) is 0 Å². The normalized spacial score (nSPS) is 11.1. The first-order chi connectivity index (χ1) is 6.24. The third kappa shape index (κ3) is 3.48. The molecule has 0 aliphatic heterocycles. The van der Waals surface area contributed by atoms with E-state index in [1.807, 2.05) is 10.9 Å². The van der Waals surface area contributed by atoms with Crippen molar-refractivity contribution in [3.63, 3.8) is 0 Å². The van der Waals surface area contributed by atoms with E-state index in [2.05, 4.69) is 46.3 Å². The van der Waals surface area contributed by atoms with Crippen molar-refractivity contribution in [2.75, 3.05) is 11.9 Å². The van der Waals surface area contributed by atoms with Gasteiger partial charge in [-0.1, -0.05) is 15.9 Å². The molecule has 0 spiro atoms. The van der Waals surface area contributed by atoms with Gasteiger partial charge in [-0.3, -0.25) is 4.68 Å². The van der Waals surface area contributed by atoms with Gasteiger partial charge in [-0.15, -0.1) is 0 Å². The van der Waals surface area contributed by atoms with Gasteiger partial charge in [0.05, 0.1) is 5.69 Å². The average Bonchev–Trinajstić information content (AvgIpc) is 2.53. The standard InChI is InChI=1S/C9H16BrN3/c1-8(2)13-6-3-9(12-13)7-11-5-4-10/h3,6,8,11H,4-5,7H2,1-2H3. The van der Waals surface area contributed by atoms with Crippen molar-refractivity contribution in [1.82, 2.24) is 15.1 Å². The molecule has 74 valence electrons. The van der Waals surface area contributed by atoms with Crippen LogP contribution in [0.3, 0.4) is 0 Å². The Morgan fingerprint density at radius 1 is 1.62 bits per heavy atom. The van der Waals surface area contributed by atoms with Gasteiger partial charge in [0.2, 0.25) is 0 Å². The highest BCUT2D eigenvalue weighted by molar-refractivity contribution is 9.09. The van der Waals surface area contributed by atoms with Crippen molar-refractivity contribution in [3.8, 4) is 0 Å². The van der Waals surface area contributed by atoms with Gasteiger partial charge in [0.1, 0.15) is 0 Å². The molecule has 0 saturated carbocycles. The van der Waals surface area contributed by atoms with Crippen LogP contribution < -0.4 is 5.32 Å². The summed E-state index contributed by atoms with van der Waals surface area (Å²) in [6.07, 6.45) is 2.02. The monoisotopic (exact) mass is 245 g/mol. The average molecular weight is 246 g/mol. The fourth-order valence-electron chi connectivity index (χ4n) is 1.04. The summed E-state index contributed by atoms with van der Waals surface area (Å²) in [5.74, 6) is 0. The highest BCUT2D eigenvalue weighted by Crippen LogP contribution is 2.03. The quantitative estimate of drug-likeness (QED) is 0.635. The topological polar surface area (TPSA) is 29.9 Å². The first-order valence-electron chi connectivity index (χ1n) is 4.54. The molecule has 0 atom stereocenters. The van der Waals surface area contributed by atoms with Crippen molar-refractivity contribution in [2.45, 2.75) is 26.4 Å². The van der Waals surface area contributed by atoms with E-state index in [1.54, 1.807) is 0 Å². The number of rotatable bonds is 5. The SMILES string of the molecule is CC(C)n1ccc(CNCCBr)n1. The Hall–Kier alpha value is -0.350. The summed E-state index contributed by atoms with van der Waals surface area (Å²) < 4.78 is 1.98. The first-order valence-corrected chi connectivity index (χ1v) is 5.67. The van der Waals surface area contributed by atoms with Gasteiger partial charge in [0.25, 0.3) is 0 Å². The lowest BCUT2D eigenvalue weighted by atomic mass is 10.4. The molecule has 1 N–H and O–H groups in total. The summed E-state index contributed by atoms with van der Waals surface area (Å²) in [6, 6.07) is 2.51. The summed E-state index contributed by atoms with van der Waals surface area (Å²) in [5.41, 5.74) is 1.11. The summed E-state index contributed by atoms with van der Waals surface area (Å²) >= 11 is 3.36. The fraction of sp³-hybridized carbons (Fsp3) is 0.667. The highest BCUT2D eigenvalue weighted by atomic mass is 79.9. The van der Waals surface area contributed by atoms with E-state index in [4.69, 9.17) is 0 Å². The van der Waals surface area contributed by atoms with Crippen LogP contribution in [0.1, 0.15) is 25.6 Å². The van der Waals surface area contributed by atoms with Crippen LogP contribution in [0, 0.1) is 0 Å². The molecule has 0 bridgehead atoms. The number of hydrogen-bond acceptors (Lipinski definition) is 2. The van der Waals surface area contributed by atoms with Gasteiger partial charge < -0.3 is 5.32 Å². The van der Waals surface area contributed by atoms with Crippen molar-refractivity contribution in [2.24, 2.45) is 0 Å². The van der Waals surface area contributed by atoms with Crippen LogP contribution in [0.5, 0.6) is 0 Å².